The van der Waals surface area contributed by atoms with Crippen LogP contribution in [0.3, 0.4) is 0 Å². The Labute approximate surface area is 108 Å². The summed E-state index contributed by atoms with van der Waals surface area (Å²) < 4.78 is 30.3. The molecular formula is C12H18N2O3S. The van der Waals surface area contributed by atoms with E-state index in [0.29, 0.717) is 5.69 Å². The van der Waals surface area contributed by atoms with E-state index in [9.17, 15) is 8.42 Å². The van der Waals surface area contributed by atoms with Gasteiger partial charge in [0.25, 0.3) is 0 Å². The minimum atomic E-state index is -3.21. The molecule has 1 atom stereocenters. The lowest BCUT2D eigenvalue weighted by Crippen LogP contribution is -2.35. The molecule has 1 fully saturated rings. The monoisotopic (exact) mass is 270 g/mol. The predicted molar refractivity (Wildman–Crippen MR) is 71.1 cm³/mol. The smallest absolute Gasteiger partial charge is 0.229 e. The third-order valence-corrected chi connectivity index (χ3v) is 3.46. The Bertz CT molecular complexity index is 499. The fourth-order valence-corrected chi connectivity index (χ4v) is 2.52. The maximum Gasteiger partial charge on any atom is 0.229 e. The number of anilines is 1. The van der Waals surface area contributed by atoms with Crippen molar-refractivity contribution in [1.29, 1.82) is 0 Å². The fourth-order valence-electron chi connectivity index (χ4n) is 1.96. The number of sulfonamides is 1. The maximum atomic E-state index is 11.1. The first-order chi connectivity index (χ1) is 8.44. The highest BCUT2D eigenvalue weighted by atomic mass is 32.2. The summed E-state index contributed by atoms with van der Waals surface area (Å²) in [4.78, 5) is 2.22. The molecule has 1 saturated heterocycles. The number of rotatable bonds is 3. The molecule has 6 heteroatoms. The molecular weight excluding hydrogens is 252 g/mol. The van der Waals surface area contributed by atoms with Crippen molar-refractivity contribution in [1.82, 2.24) is 4.90 Å². The van der Waals surface area contributed by atoms with Crippen molar-refractivity contribution >= 4 is 15.7 Å². The van der Waals surface area contributed by atoms with E-state index in [2.05, 4.69) is 16.7 Å². The largest absolute Gasteiger partial charge is 0.371 e. The number of morpholine rings is 1. The predicted octanol–water partition coefficient (Wildman–Crippen LogP) is 1.06. The Morgan fingerprint density at radius 3 is 2.56 bits per heavy atom. The Hall–Kier alpha value is -1.11. The van der Waals surface area contributed by atoms with Gasteiger partial charge in [-0.15, -0.1) is 0 Å². The van der Waals surface area contributed by atoms with Crippen LogP contribution in [-0.2, 0) is 14.8 Å². The van der Waals surface area contributed by atoms with Gasteiger partial charge in [0, 0.05) is 18.8 Å². The van der Waals surface area contributed by atoms with Crippen LogP contribution >= 0.6 is 0 Å². The SMILES string of the molecule is CN1CCOC(c2ccc(NS(C)(=O)=O)cc2)C1. The van der Waals surface area contributed by atoms with E-state index in [0.717, 1.165) is 31.5 Å². The highest BCUT2D eigenvalue weighted by molar-refractivity contribution is 7.92. The lowest BCUT2D eigenvalue weighted by molar-refractivity contribution is -0.0208. The van der Waals surface area contributed by atoms with Crippen molar-refractivity contribution in [2.75, 3.05) is 37.7 Å². The second-order valence-corrected chi connectivity index (χ2v) is 6.37. The normalized spacial score (nSPS) is 21.8. The van der Waals surface area contributed by atoms with Gasteiger partial charge in [-0.05, 0) is 24.7 Å². The fraction of sp³-hybridized carbons (Fsp3) is 0.500. The van der Waals surface area contributed by atoms with Gasteiger partial charge in [0.15, 0.2) is 0 Å². The minimum Gasteiger partial charge on any atom is -0.371 e. The van der Waals surface area contributed by atoms with Crippen LogP contribution in [0.15, 0.2) is 24.3 Å². The summed E-state index contributed by atoms with van der Waals surface area (Å²) in [7, 11) is -1.15. The summed E-state index contributed by atoms with van der Waals surface area (Å²) in [6.45, 7) is 2.54. The molecule has 0 aromatic heterocycles. The van der Waals surface area contributed by atoms with E-state index in [1.165, 1.54) is 0 Å². The number of likely N-dealkylation sites (N-methyl/N-ethyl adjacent to an activating group) is 1. The first-order valence-corrected chi connectivity index (χ1v) is 7.71. The summed E-state index contributed by atoms with van der Waals surface area (Å²) in [6, 6.07) is 7.32. The van der Waals surface area contributed by atoms with Crippen molar-refractivity contribution < 1.29 is 13.2 Å². The van der Waals surface area contributed by atoms with E-state index in [1.54, 1.807) is 12.1 Å². The number of hydrogen-bond acceptors (Lipinski definition) is 4. The Morgan fingerprint density at radius 1 is 1.33 bits per heavy atom. The van der Waals surface area contributed by atoms with Crippen LogP contribution in [0.2, 0.25) is 0 Å². The van der Waals surface area contributed by atoms with Crippen LogP contribution in [0.5, 0.6) is 0 Å². The third kappa shape index (κ3) is 3.69. The van der Waals surface area contributed by atoms with Gasteiger partial charge in [-0.3, -0.25) is 4.72 Å². The van der Waals surface area contributed by atoms with Gasteiger partial charge in [0.2, 0.25) is 10.0 Å². The van der Waals surface area contributed by atoms with E-state index in [4.69, 9.17) is 4.74 Å². The molecule has 2 rings (SSSR count). The summed E-state index contributed by atoms with van der Waals surface area (Å²) >= 11 is 0. The zero-order valence-corrected chi connectivity index (χ0v) is 11.4. The maximum absolute atomic E-state index is 11.1. The Morgan fingerprint density at radius 2 is 2.00 bits per heavy atom. The van der Waals surface area contributed by atoms with Crippen molar-refractivity contribution in [3.63, 3.8) is 0 Å². The van der Waals surface area contributed by atoms with Crippen LogP contribution in [0.1, 0.15) is 11.7 Å². The number of nitrogens with zero attached hydrogens (tertiary/aromatic N) is 1. The van der Waals surface area contributed by atoms with Crippen LogP contribution in [0.25, 0.3) is 0 Å². The van der Waals surface area contributed by atoms with Gasteiger partial charge in [-0.2, -0.15) is 0 Å². The molecule has 1 aromatic carbocycles. The van der Waals surface area contributed by atoms with Crippen LogP contribution < -0.4 is 4.72 Å². The first-order valence-electron chi connectivity index (χ1n) is 5.82. The highest BCUT2D eigenvalue weighted by Crippen LogP contribution is 2.23. The van der Waals surface area contributed by atoms with Gasteiger partial charge in [0.05, 0.1) is 19.0 Å². The second kappa shape index (κ2) is 5.26. The number of benzene rings is 1. The number of nitrogens with one attached hydrogen (secondary N) is 1. The van der Waals surface area contributed by atoms with E-state index < -0.39 is 10.0 Å². The lowest BCUT2D eigenvalue weighted by Gasteiger charge is -2.30. The van der Waals surface area contributed by atoms with Gasteiger partial charge in [-0.1, -0.05) is 12.1 Å². The molecule has 0 spiro atoms. The van der Waals surface area contributed by atoms with Crippen LogP contribution in [0, 0.1) is 0 Å². The molecule has 1 aliphatic heterocycles. The van der Waals surface area contributed by atoms with Gasteiger partial charge >= 0.3 is 0 Å². The molecule has 0 saturated carbocycles. The van der Waals surface area contributed by atoms with Crippen molar-refractivity contribution in [3.05, 3.63) is 29.8 Å². The molecule has 1 heterocycles. The second-order valence-electron chi connectivity index (χ2n) is 4.62. The zero-order valence-electron chi connectivity index (χ0n) is 10.6. The summed E-state index contributed by atoms with van der Waals surface area (Å²) in [5.74, 6) is 0. The molecule has 1 aromatic rings. The van der Waals surface area contributed by atoms with Gasteiger partial charge in [0.1, 0.15) is 0 Å². The Balaban J connectivity index is 2.07. The summed E-state index contributed by atoms with van der Waals surface area (Å²) in [5, 5.41) is 0. The molecule has 0 amide bonds. The van der Waals surface area contributed by atoms with Gasteiger partial charge in [-0.25, -0.2) is 8.42 Å². The van der Waals surface area contributed by atoms with Gasteiger partial charge < -0.3 is 9.64 Å². The molecule has 1 aliphatic rings. The van der Waals surface area contributed by atoms with E-state index in [1.807, 2.05) is 12.1 Å². The highest BCUT2D eigenvalue weighted by Gasteiger charge is 2.19. The molecule has 0 bridgehead atoms. The van der Waals surface area contributed by atoms with E-state index in [-0.39, 0.29) is 6.10 Å². The molecule has 100 valence electrons. The van der Waals surface area contributed by atoms with E-state index >= 15 is 0 Å². The Kier molecular flexibility index (Phi) is 3.89. The molecule has 1 N–H and O–H groups in total. The average Bonchev–Trinajstić information content (AvgIpc) is 2.28. The minimum absolute atomic E-state index is 0.0658. The molecule has 1 unspecified atom stereocenters. The average molecular weight is 270 g/mol. The summed E-state index contributed by atoms with van der Waals surface area (Å²) in [5.41, 5.74) is 1.64. The first kappa shape index (κ1) is 13.3. The molecule has 0 aliphatic carbocycles. The molecule has 5 nitrogen and oxygen atoms in total. The summed E-state index contributed by atoms with van der Waals surface area (Å²) in [6.07, 6.45) is 1.20. The quantitative estimate of drug-likeness (QED) is 0.892. The van der Waals surface area contributed by atoms with Crippen molar-refractivity contribution in [3.8, 4) is 0 Å². The van der Waals surface area contributed by atoms with Crippen LogP contribution in [0.4, 0.5) is 5.69 Å². The lowest BCUT2D eigenvalue weighted by atomic mass is 10.1. The molecule has 0 radical (unpaired) electrons. The standard InChI is InChI=1S/C12H18N2O3S/c1-14-7-8-17-12(9-14)10-3-5-11(6-4-10)13-18(2,15)16/h3-6,12-13H,7-9H2,1-2H3. The third-order valence-electron chi connectivity index (χ3n) is 2.86. The van der Waals surface area contributed by atoms with Crippen molar-refractivity contribution in [2.24, 2.45) is 0 Å². The molecule has 18 heavy (non-hydrogen) atoms. The van der Waals surface area contributed by atoms with Crippen LogP contribution in [-0.4, -0.2) is 46.3 Å². The number of hydrogen-bond donors (Lipinski definition) is 1. The zero-order chi connectivity index (χ0) is 13.2. The topological polar surface area (TPSA) is 58.6 Å². The number of ether oxygens (including phenoxy) is 1. The van der Waals surface area contributed by atoms with Crippen molar-refractivity contribution in [2.45, 2.75) is 6.10 Å².